The van der Waals surface area contributed by atoms with Crippen LogP contribution < -0.4 is 10.2 Å². The van der Waals surface area contributed by atoms with Gasteiger partial charge in [0.25, 0.3) is 5.89 Å². The van der Waals surface area contributed by atoms with Crippen molar-refractivity contribution in [2.45, 2.75) is 13.8 Å². The SMILES string of the molecule is CCS(=O)(=O)N1CCN(c2cnc(C)c(-c3nnc(Nc4ccccc4)o3)n2)CC1. The van der Waals surface area contributed by atoms with Crippen LogP contribution in [0.25, 0.3) is 11.6 Å². The van der Waals surface area contributed by atoms with Crippen molar-refractivity contribution in [2.24, 2.45) is 0 Å². The first kappa shape index (κ1) is 20.2. The Kier molecular flexibility index (Phi) is 5.64. The second-order valence-corrected chi connectivity index (χ2v) is 9.11. The number of para-hydroxylation sites is 1. The number of hydrogen-bond acceptors (Lipinski definition) is 9. The van der Waals surface area contributed by atoms with Gasteiger partial charge in [0.2, 0.25) is 10.0 Å². The van der Waals surface area contributed by atoms with Gasteiger partial charge in [0, 0.05) is 31.9 Å². The number of benzene rings is 1. The highest BCUT2D eigenvalue weighted by molar-refractivity contribution is 7.89. The second kappa shape index (κ2) is 8.36. The maximum atomic E-state index is 12.1. The molecule has 0 amide bonds. The predicted octanol–water partition coefficient (Wildman–Crippen LogP) is 2.05. The Hall–Kier alpha value is -3.05. The molecule has 0 spiro atoms. The van der Waals surface area contributed by atoms with E-state index in [0.29, 0.717) is 43.4 Å². The highest BCUT2D eigenvalue weighted by Gasteiger charge is 2.26. The average molecular weight is 430 g/mol. The minimum absolute atomic E-state index is 0.109. The molecule has 3 heterocycles. The number of nitrogens with zero attached hydrogens (tertiary/aromatic N) is 6. The molecule has 0 atom stereocenters. The lowest BCUT2D eigenvalue weighted by atomic mass is 10.3. The Balaban J connectivity index is 1.51. The summed E-state index contributed by atoms with van der Waals surface area (Å²) in [5, 5.41) is 11.2. The molecule has 1 fully saturated rings. The number of aromatic nitrogens is 4. The average Bonchev–Trinajstić information content (AvgIpc) is 3.23. The highest BCUT2D eigenvalue weighted by atomic mass is 32.2. The molecule has 30 heavy (non-hydrogen) atoms. The van der Waals surface area contributed by atoms with E-state index in [1.54, 1.807) is 13.1 Å². The standard InChI is InChI=1S/C19H23N7O3S/c1-3-30(27,28)26-11-9-25(10-12-26)16-13-20-14(2)17(22-16)18-23-24-19(29-18)21-15-7-5-4-6-8-15/h4-8,13H,3,9-12H2,1-2H3,(H,21,24). The molecule has 3 aromatic rings. The van der Waals surface area contributed by atoms with Gasteiger partial charge in [0.15, 0.2) is 5.69 Å². The number of anilines is 3. The lowest BCUT2D eigenvalue weighted by molar-refractivity contribution is 0.384. The molecule has 1 aliphatic rings. The van der Waals surface area contributed by atoms with E-state index in [4.69, 9.17) is 4.42 Å². The number of aryl methyl sites for hydroxylation is 1. The van der Waals surface area contributed by atoms with Gasteiger partial charge in [-0.25, -0.2) is 13.4 Å². The molecular weight excluding hydrogens is 406 g/mol. The van der Waals surface area contributed by atoms with Gasteiger partial charge < -0.3 is 14.6 Å². The smallest absolute Gasteiger partial charge is 0.320 e. The van der Waals surface area contributed by atoms with Crippen LogP contribution >= 0.6 is 0 Å². The number of sulfonamides is 1. The molecule has 1 saturated heterocycles. The zero-order valence-electron chi connectivity index (χ0n) is 16.8. The van der Waals surface area contributed by atoms with Crippen LogP contribution in [0.5, 0.6) is 0 Å². The van der Waals surface area contributed by atoms with Crippen LogP contribution in [0.4, 0.5) is 17.5 Å². The zero-order chi connectivity index (χ0) is 21.1. The number of hydrogen-bond donors (Lipinski definition) is 1. The number of piperazine rings is 1. The molecule has 10 nitrogen and oxygen atoms in total. The quantitative estimate of drug-likeness (QED) is 0.628. The summed E-state index contributed by atoms with van der Waals surface area (Å²) in [5.41, 5.74) is 2.01. The van der Waals surface area contributed by atoms with E-state index in [0.717, 1.165) is 5.69 Å². The molecule has 4 rings (SSSR count). The van der Waals surface area contributed by atoms with Crippen LogP contribution in [0.3, 0.4) is 0 Å². The fourth-order valence-electron chi connectivity index (χ4n) is 3.19. The third-order valence-electron chi connectivity index (χ3n) is 4.92. The topological polar surface area (TPSA) is 117 Å². The first-order valence-electron chi connectivity index (χ1n) is 9.68. The zero-order valence-corrected chi connectivity index (χ0v) is 17.6. The van der Waals surface area contributed by atoms with Gasteiger partial charge in [0.1, 0.15) is 5.82 Å². The van der Waals surface area contributed by atoms with E-state index in [9.17, 15) is 8.42 Å². The Bertz CT molecular complexity index is 1110. The van der Waals surface area contributed by atoms with E-state index in [2.05, 4.69) is 25.5 Å². The summed E-state index contributed by atoms with van der Waals surface area (Å²) >= 11 is 0. The summed E-state index contributed by atoms with van der Waals surface area (Å²) < 4.78 is 31.4. The maximum absolute atomic E-state index is 12.1. The summed E-state index contributed by atoms with van der Waals surface area (Å²) in [7, 11) is -3.18. The van der Waals surface area contributed by atoms with Crippen LogP contribution in [-0.2, 0) is 10.0 Å². The highest BCUT2D eigenvalue weighted by Crippen LogP contribution is 2.25. The summed E-state index contributed by atoms with van der Waals surface area (Å²) in [6.45, 7) is 5.42. The molecular formula is C19H23N7O3S. The Morgan fingerprint density at radius 1 is 1.10 bits per heavy atom. The van der Waals surface area contributed by atoms with Gasteiger partial charge >= 0.3 is 6.01 Å². The van der Waals surface area contributed by atoms with Gasteiger partial charge in [-0.1, -0.05) is 23.3 Å². The van der Waals surface area contributed by atoms with Crippen molar-refractivity contribution in [2.75, 3.05) is 42.1 Å². The first-order chi connectivity index (χ1) is 14.5. The summed E-state index contributed by atoms with van der Waals surface area (Å²) in [5.74, 6) is 1.03. The largest absolute Gasteiger partial charge is 0.401 e. The van der Waals surface area contributed by atoms with Crippen molar-refractivity contribution in [3.63, 3.8) is 0 Å². The lowest BCUT2D eigenvalue weighted by Crippen LogP contribution is -2.49. The molecule has 1 aliphatic heterocycles. The fraction of sp³-hybridized carbons (Fsp3) is 0.368. The van der Waals surface area contributed by atoms with E-state index >= 15 is 0 Å². The molecule has 0 unspecified atom stereocenters. The van der Waals surface area contributed by atoms with Gasteiger partial charge in [-0.15, -0.1) is 5.10 Å². The van der Waals surface area contributed by atoms with Crippen molar-refractivity contribution in [1.29, 1.82) is 0 Å². The minimum atomic E-state index is -3.18. The monoisotopic (exact) mass is 429 g/mol. The van der Waals surface area contributed by atoms with Crippen LogP contribution in [-0.4, -0.2) is 64.8 Å². The van der Waals surface area contributed by atoms with Gasteiger partial charge in [0.05, 0.1) is 17.6 Å². The first-order valence-corrected chi connectivity index (χ1v) is 11.3. The Labute approximate surface area is 175 Å². The molecule has 1 aromatic carbocycles. The van der Waals surface area contributed by atoms with E-state index in [1.165, 1.54) is 4.31 Å². The third kappa shape index (κ3) is 4.26. The molecule has 0 bridgehead atoms. The molecule has 0 saturated carbocycles. The van der Waals surface area contributed by atoms with E-state index < -0.39 is 10.0 Å². The van der Waals surface area contributed by atoms with Crippen molar-refractivity contribution < 1.29 is 12.8 Å². The van der Waals surface area contributed by atoms with Gasteiger partial charge in [-0.2, -0.15) is 4.31 Å². The number of nitrogens with one attached hydrogen (secondary N) is 1. The van der Waals surface area contributed by atoms with Crippen LogP contribution in [0.2, 0.25) is 0 Å². The minimum Gasteiger partial charge on any atom is -0.401 e. The number of rotatable bonds is 6. The van der Waals surface area contributed by atoms with Crippen molar-refractivity contribution in [1.82, 2.24) is 24.5 Å². The van der Waals surface area contributed by atoms with Crippen molar-refractivity contribution in [3.8, 4) is 11.6 Å². The van der Waals surface area contributed by atoms with Gasteiger partial charge in [-0.05, 0) is 26.0 Å². The molecule has 158 valence electrons. The molecule has 2 aromatic heterocycles. The van der Waals surface area contributed by atoms with Crippen LogP contribution in [0.1, 0.15) is 12.6 Å². The lowest BCUT2D eigenvalue weighted by Gasteiger charge is -2.34. The molecule has 0 radical (unpaired) electrons. The van der Waals surface area contributed by atoms with Gasteiger partial charge in [-0.3, -0.25) is 4.98 Å². The van der Waals surface area contributed by atoms with E-state index in [1.807, 2.05) is 42.2 Å². The molecule has 11 heteroatoms. The van der Waals surface area contributed by atoms with Crippen LogP contribution in [0.15, 0.2) is 40.9 Å². The second-order valence-electron chi connectivity index (χ2n) is 6.85. The van der Waals surface area contributed by atoms with Crippen molar-refractivity contribution in [3.05, 3.63) is 42.2 Å². The summed E-state index contributed by atoms with van der Waals surface area (Å²) in [4.78, 5) is 11.1. The summed E-state index contributed by atoms with van der Waals surface area (Å²) in [6.07, 6.45) is 1.68. The summed E-state index contributed by atoms with van der Waals surface area (Å²) in [6, 6.07) is 9.80. The Morgan fingerprint density at radius 3 is 2.53 bits per heavy atom. The van der Waals surface area contributed by atoms with Crippen LogP contribution in [0, 0.1) is 6.92 Å². The molecule has 1 N–H and O–H groups in total. The Morgan fingerprint density at radius 2 is 1.83 bits per heavy atom. The predicted molar refractivity (Wildman–Crippen MR) is 113 cm³/mol. The maximum Gasteiger partial charge on any atom is 0.320 e. The third-order valence-corrected chi connectivity index (χ3v) is 6.80. The van der Waals surface area contributed by atoms with Crippen molar-refractivity contribution >= 4 is 27.5 Å². The van der Waals surface area contributed by atoms with E-state index in [-0.39, 0.29) is 17.7 Å². The normalized spacial score (nSPS) is 15.3. The molecule has 0 aliphatic carbocycles. The fourth-order valence-corrected chi connectivity index (χ4v) is 4.27.